The quantitative estimate of drug-likeness (QED) is 0.628. The molecule has 31 heavy (non-hydrogen) atoms. The lowest BCUT2D eigenvalue weighted by molar-refractivity contribution is -0.119. The molecule has 0 aromatic heterocycles. The van der Waals surface area contributed by atoms with E-state index in [2.05, 4.69) is 10.6 Å². The van der Waals surface area contributed by atoms with Crippen molar-refractivity contribution in [1.82, 2.24) is 5.32 Å². The maximum absolute atomic E-state index is 12.9. The molecule has 2 aliphatic rings. The summed E-state index contributed by atoms with van der Waals surface area (Å²) < 4.78 is 0. The van der Waals surface area contributed by atoms with Gasteiger partial charge in [-0.2, -0.15) is 0 Å². The second kappa shape index (κ2) is 8.26. The van der Waals surface area contributed by atoms with Crippen molar-refractivity contribution < 1.29 is 9.59 Å². The minimum atomic E-state index is -0.282. The van der Waals surface area contributed by atoms with Gasteiger partial charge in [-0.25, -0.2) is 4.79 Å². The zero-order valence-corrected chi connectivity index (χ0v) is 17.3. The van der Waals surface area contributed by atoms with Gasteiger partial charge in [-0.3, -0.25) is 4.79 Å². The Balaban J connectivity index is 1.34. The summed E-state index contributed by atoms with van der Waals surface area (Å²) in [6.45, 7) is 0.727. The van der Waals surface area contributed by atoms with Crippen LogP contribution in [0.25, 0.3) is 0 Å². The van der Waals surface area contributed by atoms with Crippen molar-refractivity contribution in [2.75, 3.05) is 16.8 Å². The van der Waals surface area contributed by atoms with Crippen LogP contribution >= 0.6 is 0 Å². The highest BCUT2D eigenvalue weighted by Gasteiger charge is 2.36. The number of urea groups is 1. The van der Waals surface area contributed by atoms with Crippen LogP contribution in [0.2, 0.25) is 0 Å². The van der Waals surface area contributed by atoms with Crippen LogP contribution in [-0.2, 0) is 11.2 Å². The molecule has 0 saturated heterocycles. The van der Waals surface area contributed by atoms with E-state index in [4.69, 9.17) is 0 Å². The monoisotopic (exact) mass is 411 g/mol. The van der Waals surface area contributed by atoms with Gasteiger partial charge in [0.05, 0.1) is 6.04 Å². The molecule has 0 radical (unpaired) electrons. The summed E-state index contributed by atoms with van der Waals surface area (Å²) in [4.78, 5) is 27.4. The van der Waals surface area contributed by atoms with Crippen LogP contribution in [0, 0.1) is 5.92 Å². The van der Waals surface area contributed by atoms with E-state index in [0.717, 1.165) is 48.2 Å². The molecule has 0 spiro atoms. The van der Waals surface area contributed by atoms with Crippen molar-refractivity contribution in [2.45, 2.75) is 25.3 Å². The summed E-state index contributed by atoms with van der Waals surface area (Å²) in [5.41, 5.74) is 4.80. The fourth-order valence-corrected chi connectivity index (χ4v) is 4.18. The summed E-state index contributed by atoms with van der Waals surface area (Å²) in [5, 5.41) is 6.06. The maximum atomic E-state index is 12.9. The van der Waals surface area contributed by atoms with Gasteiger partial charge >= 0.3 is 6.03 Å². The lowest BCUT2D eigenvalue weighted by Gasteiger charge is -2.21. The van der Waals surface area contributed by atoms with E-state index < -0.39 is 0 Å². The Morgan fingerprint density at radius 1 is 0.871 bits per heavy atom. The lowest BCUT2D eigenvalue weighted by Crippen LogP contribution is -2.33. The highest BCUT2D eigenvalue weighted by molar-refractivity contribution is 5.99. The van der Waals surface area contributed by atoms with Gasteiger partial charge in [-0.05, 0) is 48.1 Å². The molecule has 0 atom stereocenters. The van der Waals surface area contributed by atoms with Gasteiger partial charge in [0.1, 0.15) is 0 Å². The predicted molar refractivity (Wildman–Crippen MR) is 122 cm³/mol. The molecule has 3 aromatic carbocycles. The van der Waals surface area contributed by atoms with Crippen LogP contribution < -0.4 is 15.5 Å². The Morgan fingerprint density at radius 3 is 2.13 bits per heavy atom. The Labute approximate surface area is 182 Å². The first kappa shape index (κ1) is 19.4. The third-order valence-electron chi connectivity index (χ3n) is 5.97. The average molecular weight is 412 g/mol. The molecule has 5 nitrogen and oxygen atoms in total. The predicted octanol–water partition coefficient (Wildman–Crippen LogP) is 4.90. The number of rotatable bonds is 5. The van der Waals surface area contributed by atoms with Gasteiger partial charge in [0.25, 0.3) is 0 Å². The van der Waals surface area contributed by atoms with Gasteiger partial charge in [-0.15, -0.1) is 0 Å². The zero-order chi connectivity index (χ0) is 21.2. The van der Waals surface area contributed by atoms with Gasteiger partial charge in [0, 0.05) is 23.8 Å². The molecule has 0 unspecified atom stereocenters. The van der Waals surface area contributed by atoms with Crippen LogP contribution in [0.1, 0.15) is 35.6 Å². The molecule has 1 aliphatic carbocycles. The van der Waals surface area contributed by atoms with E-state index in [1.165, 1.54) is 0 Å². The highest BCUT2D eigenvalue weighted by atomic mass is 16.2. The molecule has 2 N–H and O–H groups in total. The summed E-state index contributed by atoms with van der Waals surface area (Å²) in [7, 11) is 0. The van der Waals surface area contributed by atoms with Gasteiger partial charge in [0.2, 0.25) is 5.91 Å². The Hall–Kier alpha value is -3.60. The van der Waals surface area contributed by atoms with Crippen LogP contribution in [0.3, 0.4) is 0 Å². The number of benzene rings is 3. The van der Waals surface area contributed by atoms with Crippen LogP contribution in [0.15, 0.2) is 78.9 Å². The van der Waals surface area contributed by atoms with Crippen molar-refractivity contribution in [3.63, 3.8) is 0 Å². The molecule has 1 fully saturated rings. The topological polar surface area (TPSA) is 61.4 Å². The van der Waals surface area contributed by atoms with Gasteiger partial charge < -0.3 is 15.5 Å². The Kier molecular flexibility index (Phi) is 5.16. The number of amides is 3. The van der Waals surface area contributed by atoms with E-state index in [1.54, 1.807) is 0 Å². The normalized spacial score (nSPS) is 14.9. The average Bonchev–Trinajstić information content (AvgIpc) is 3.58. The van der Waals surface area contributed by atoms with Gasteiger partial charge in [0.15, 0.2) is 0 Å². The number of fused-ring (bicyclic) bond motifs is 1. The van der Waals surface area contributed by atoms with Crippen molar-refractivity contribution in [3.05, 3.63) is 95.6 Å². The second-order valence-electron chi connectivity index (χ2n) is 8.21. The number of carbonyl (C=O) groups excluding carboxylic acids is 2. The second-order valence-corrected chi connectivity index (χ2v) is 8.21. The molecular formula is C26H25N3O2. The van der Waals surface area contributed by atoms with E-state index in [9.17, 15) is 9.59 Å². The van der Waals surface area contributed by atoms with Crippen molar-refractivity contribution in [1.29, 1.82) is 0 Å². The first-order valence-corrected chi connectivity index (χ1v) is 10.8. The molecule has 1 aliphatic heterocycles. The van der Waals surface area contributed by atoms with Crippen LogP contribution in [0.4, 0.5) is 16.2 Å². The summed E-state index contributed by atoms with van der Waals surface area (Å²) in [6.07, 6.45) is 2.85. The number of hydrogen-bond acceptors (Lipinski definition) is 2. The minimum Gasteiger partial charge on any atom is -0.327 e. The minimum absolute atomic E-state index is 0.184. The van der Waals surface area contributed by atoms with E-state index in [0.29, 0.717) is 5.69 Å². The first-order valence-electron chi connectivity index (χ1n) is 10.8. The molecule has 156 valence electrons. The molecule has 5 heteroatoms. The molecule has 0 bridgehead atoms. The SMILES string of the molecule is O=C(Nc1ccc2c(c1)N(C(=O)C1CC1)CC2)NC(c1ccccc1)c1ccccc1. The standard InChI is InChI=1S/C26H25N3O2/c30-25(21-11-12-21)29-16-15-18-13-14-22(17-23(18)29)27-26(31)28-24(19-7-3-1-4-8-19)20-9-5-2-6-10-20/h1-10,13-14,17,21,24H,11-12,15-16H2,(H2,27,28,31). The molecular weight excluding hydrogens is 386 g/mol. The van der Waals surface area contributed by atoms with E-state index >= 15 is 0 Å². The fourth-order valence-electron chi connectivity index (χ4n) is 4.18. The number of anilines is 2. The number of nitrogens with one attached hydrogen (secondary N) is 2. The number of carbonyl (C=O) groups is 2. The molecule has 3 amide bonds. The van der Waals surface area contributed by atoms with Crippen LogP contribution in [0.5, 0.6) is 0 Å². The van der Waals surface area contributed by atoms with E-state index in [-0.39, 0.29) is 23.9 Å². The zero-order valence-electron chi connectivity index (χ0n) is 17.3. The first-order chi connectivity index (χ1) is 15.2. The molecule has 3 aromatic rings. The third-order valence-corrected chi connectivity index (χ3v) is 5.97. The number of nitrogens with zero attached hydrogens (tertiary/aromatic N) is 1. The molecule has 5 rings (SSSR count). The largest absolute Gasteiger partial charge is 0.327 e. The molecule has 1 saturated carbocycles. The van der Waals surface area contributed by atoms with Crippen LogP contribution in [-0.4, -0.2) is 18.5 Å². The smallest absolute Gasteiger partial charge is 0.319 e. The number of hydrogen-bond donors (Lipinski definition) is 2. The van der Waals surface area contributed by atoms with Crippen molar-refractivity contribution in [2.24, 2.45) is 5.92 Å². The van der Waals surface area contributed by atoms with Crippen molar-refractivity contribution >= 4 is 23.3 Å². The van der Waals surface area contributed by atoms with E-state index in [1.807, 2.05) is 83.8 Å². The molecule has 1 heterocycles. The highest BCUT2D eigenvalue weighted by Crippen LogP contribution is 2.37. The van der Waals surface area contributed by atoms with Gasteiger partial charge in [-0.1, -0.05) is 66.7 Å². The third kappa shape index (κ3) is 4.17. The maximum Gasteiger partial charge on any atom is 0.319 e. The summed E-state index contributed by atoms with van der Waals surface area (Å²) >= 11 is 0. The van der Waals surface area contributed by atoms with Crippen molar-refractivity contribution in [3.8, 4) is 0 Å². The Morgan fingerprint density at radius 2 is 1.52 bits per heavy atom. The summed E-state index contributed by atoms with van der Waals surface area (Å²) in [6, 6.07) is 25.1. The Bertz CT molecular complexity index is 1050. The summed E-state index contributed by atoms with van der Waals surface area (Å²) in [5.74, 6) is 0.400. The fraction of sp³-hybridized carbons (Fsp3) is 0.231. The lowest BCUT2D eigenvalue weighted by atomic mass is 9.99.